The van der Waals surface area contributed by atoms with Crippen molar-refractivity contribution < 1.29 is 13.2 Å². The number of likely N-dealkylation sites (N-methyl/N-ethyl adjacent to an activating group) is 1. The summed E-state index contributed by atoms with van der Waals surface area (Å²) in [4.78, 5) is 13.5. The Labute approximate surface area is 129 Å². The molecule has 0 saturated carbocycles. The van der Waals surface area contributed by atoms with Gasteiger partial charge in [-0.1, -0.05) is 11.6 Å². The molecule has 1 fully saturated rings. The van der Waals surface area contributed by atoms with Gasteiger partial charge in [-0.3, -0.25) is 4.79 Å². The maximum atomic E-state index is 12.8. The van der Waals surface area contributed by atoms with E-state index >= 15 is 0 Å². The molecule has 8 heteroatoms. The van der Waals surface area contributed by atoms with Gasteiger partial charge in [-0.15, -0.1) is 0 Å². The number of amides is 1. The van der Waals surface area contributed by atoms with Crippen LogP contribution in [0.2, 0.25) is 5.02 Å². The van der Waals surface area contributed by atoms with Gasteiger partial charge in [0.15, 0.2) is 0 Å². The van der Waals surface area contributed by atoms with Crippen LogP contribution in [0.15, 0.2) is 17.0 Å². The Balaban J connectivity index is 2.45. The predicted octanol–water partition coefficient (Wildman–Crippen LogP) is 1.08. The molecule has 1 aliphatic rings. The molecule has 1 aromatic carbocycles. The summed E-state index contributed by atoms with van der Waals surface area (Å²) in [6.07, 6.45) is 0.594. The van der Waals surface area contributed by atoms with E-state index in [0.29, 0.717) is 30.8 Å². The van der Waals surface area contributed by atoms with E-state index in [1.54, 1.807) is 14.0 Å². The molecule has 0 unspecified atom stereocenters. The summed E-state index contributed by atoms with van der Waals surface area (Å²) in [5.41, 5.74) is 6.55. The van der Waals surface area contributed by atoms with E-state index in [1.807, 2.05) is 0 Å². The Morgan fingerprint density at radius 3 is 2.62 bits per heavy atom. The summed E-state index contributed by atoms with van der Waals surface area (Å²) in [5.74, 6) is -0.219. The number of hydrogen-bond donors (Lipinski definition) is 1. The largest absolute Gasteiger partial charge is 0.398 e. The second-order valence-corrected chi connectivity index (χ2v) is 7.47. The lowest BCUT2D eigenvalue weighted by molar-refractivity contribution is -0.129. The van der Waals surface area contributed by atoms with E-state index in [9.17, 15) is 13.2 Å². The standard InChI is InChI=1S/C13H18ClN3O3S/c1-9-11(15)6-10(14)7-12(9)21(19,20)17-5-3-4-16(2)13(18)8-17/h6-7H,3-5,8,15H2,1-2H3. The summed E-state index contributed by atoms with van der Waals surface area (Å²) < 4.78 is 26.7. The maximum Gasteiger partial charge on any atom is 0.243 e. The fourth-order valence-electron chi connectivity index (χ4n) is 2.25. The third kappa shape index (κ3) is 3.14. The molecule has 0 spiro atoms. The summed E-state index contributed by atoms with van der Waals surface area (Å²) in [5, 5.41) is 0.259. The minimum Gasteiger partial charge on any atom is -0.398 e. The van der Waals surface area contributed by atoms with Crippen molar-refractivity contribution in [1.29, 1.82) is 0 Å². The van der Waals surface area contributed by atoms with E-state index in [-0.39, 0.29) is 22.4 Å². The number of nitrogen functional groups attached to an aromatic ring is 1. The minimum atomic E-state index is -3.80. The first-order valence-electron chi connectivity index (χ1n) is 6.53. The molecule has 1 aromatic rings. The molecule has 116 valence electrons. The molecule has 1 amide bonds. The molecule has 0 atom stereocenters. The number of rotatable bonds is 2. The summed E-state index contributed by atoms with van der Waals surface area (Å²) >= 11 is 5.91. The first-order chi connectivity index (χ1) is 9.73. The number of sulfonamides is 1. The average Bonchev–Trinajstić information content (AvgIpc) is 2.56. The quantitative estimate of drug-likeness (QED) is 0.822. The second kappa shape index (κ2) is 5.82. The SMILES string of the molecule is Cc1c(N)cc(Cl)cc1S(=O)(=O)N1CCCN(C)C(=O)C1. The molecule has 0 aromatic heterocycles. The molecular weight excluding hydrogens is 314 g/mol. The Morgan fingerprint density at radius 1 is 1.29 bits per heavy atom. The zero-order valence-electron chi connectivity index (χ0n) is 12.0. The van der Waals surface area contributed by atoms with Crippen LogP contribution in [0.25, 0.3) is 0 Å². The van der Waals surface area contributed by atoms with Gasteiger partial charge < -0.3 is 10.6 Å². The molecule has 21 heavy (non-hydrogen) atoms. The van der Waals surface area contributed by atoms with E-state index in [2.05, 4.69) is 0 Å². The van der Waals surface area contributed by atoms with Crippen LogP contribution in [0, 0.1) is 6.92 Å². The number of hydrogen-bond acceptors (Lipinski definition) is 4. The molecule has 2 rings (SSSR count). The summed E-state index contributed by atoms with van der Waals surface area (Å²) in [6.45, 7) is 2.31. The van der Waals surface area contributed by atoms with E-state index in [4.69, 9.17) is 17.3 Å². The predicted molar refractivity (Wildman–Crippen MR) is 81.6 cm³/mol. The van der Waals surface area contributed by atoms with Gasteiger partial charge in [-0.05, 0) is 31.0 Å². The van der Waals surface area contributed by atoms with Gasteiger partial charge in [0.25, 0.3) is 0 Å². The van der Waals surface area contributed by atoms with Crippen molar-refractivity contribution in [3.8, 4) is 0 Å². The van der Waals surface area contributed by atoms with Crippen molar-refractivity contribution in [3.63, 3.8) is 0 Å². The van der Waals surface area contributed by atoms with Crippen molar-refractivity contribution in [2.24, 2.45) is 0 Å². The lowest BCUT2D eigenvalue weighted by Gasteiger charge is -2.21. The number of nitrogens with zero attached hydrogens (tertiary/aromatic N) is 2. The first-order valence-corrected chi connectivity index (χ1v) is 8.35. The molecule has 0 bridgehead atoms. The first kappa shape index (κ1) is 16.1. The summed E-state index contributed by atoms with van der Waals surface area (Å²) in [6, 6.07) is 2.89. The Hall–Kier alpha value is -1.31. The van der Waals surface area contributed by atoms with Crippen molar-refractivity contribution in [3.05, 3.63) is 22.7 Å². The second-order valence-electron chi connectivity index (χ2n) is 5.13. The van der Waals surface area contributed by atoms with Crippen molar-refractivity contribution in [2.45, 2.75) is 18.2 Å². The topological polar surface area (TPSA) is 83.7 Å². The third-order valence-electron chi connectivity index (χ3n) is 3.62. The van der Waals surface area contributed by atoms with Crippen LogP contribution in [0.4, 0.5) is 5.69 Å². The fourth-order valence-corrected chi connectivity index (χ4v) is 4.25. The number of carbonyl (C=O) groups excluding carboxylic acids is 1. The van der Waals surface area contributed by atoms with E-state index < -0.39 is 10.0 Å². The van der Waals surface area contributed by atoms with Crippen LogP contribution < -0.4 is 5.73 Å². The highest BCUT2D eigenvalue weighted by Gasteiger charge is 2.31. The zero-order chi connectivity index (χ0) is 15.8. The molecule has 0 aliphatic carbocycles. The number of benzene rings is 1. The fraction of sp³-hybridized carbons (Fsp3) is 0.462. The van der Waals surface area contributed by atoms with Crippen LogP contribution in [0.5, 0.6) is 0 Å². The Morgan fingerprint density at radius 2 is 1.95 bits per heavy atom. The Bertz CT molecular complexity index is 675. The highest BCUT2D eigenvalue weighted by atomic mass is 35.5. The molecule has 1 aliphatic heterocycles. The number of nitrogens with two attached hydrogens (primary N) is 1. The highest BCUT2D eigenvalue weighted by molar-refractivity contribution is 7.89. The molecule has 0 radical (unpaired) electrons. The van der Waals surface area contributed by atoms with Gasteiger partial charge in [0.2, 0.25) is 15.9 Å². The van der Waals surface area contributed by atoms with Gasteiger partial charge in [0.05, 0.1) is 11.4 Å². The minimum absolute atomic E-state index is 0.0600. The molecular formula is C13H18ClN3O3S. The molecule has 1 heterocycles. The van der Waals surface area contributed by atoms with E-state index in [1.165, 1.54) is 21.3 Å². The summed E-state index contributed by atoms with van der Waals surface area (Å²) in [7, 11) is -2.13. The van der Waals surface area contributed by atoms with Crippen LogP contribution in [0.1, 0.15) is 12.0 Å². The third-order valence-corrected chi connectivity index (χ3v) is 5.81. The van der Waals surface area contributed by atoms with Gasteiger partial charge in [0.1, 0.15) is 0 Å². The van der Waals surface area contributed by atoms with Crippen LogP contribution >= 0.6 is 11.6 Å². The number of halogens is 1. The normalized spacial score (nSPS) is 17.9. The highest BCUT2D eigenvalue weighted by Crippen LogP contribution is 2.28. The van der Waals surface area contributed by atoms with Crippen LogP contribution in [-0.2, 0) is 14.8 Å². The Kier molecular flexibility index (Phi) is 4.46. The van der Waals surface area contributed by atoms with Gasteiger partial charge in [-0.25, -0.2) is 8.42 Å². The van der Waals surface area contributed by atoms with Crippen LogP contribution in [-0.4, -0.2) is 50.2 Å². The molecule has 1 saturated heterocycles. The van der Waals surface area contributed by atoms with Crippen LogP contribution in [0.3, 0.4) is 0 Å². The van der Waals surface area contributed by atoms with E-state index in [0.717, 1.165) is 0 Å². The average molecular weight is 332 g/mol. The van der Waals surface area contributed by atoms with Gasteiger partial charge in [-0.2, -0.15) is 4.31 Å². The lowest BCUT2D eigenvalue weighted by atomic mass is 10.2. The van der Waals surface area contributed by atoms with Crippen molar-refractivity contribution in [1.82, 2.24) is 9.21 Å². The monoisotopic (exact) mass is 331 g/mol. The molecule has 2 N–H and O–H groups in total. The molecule has 6 nitrogen and oxygen atoms in total. The zero-order valence-corrected chi connectivity index (χ0v) is 13.5. The van der Waals surface area contributed by atoms with Crippen molar-refractivity contribution >= 4 is 33.2 Å². The lowest BCUT2D eigenvalue weighted by Crippen LogP contribution is -2.38. The number of anilines is 1. The smallest absolute Gasteiger partial charge is 0.243 e. The van der Waals surface area contributed by atoms with Gasteiger partial charge >= 0.3 is 0 Å². The van der Waals surface area contributed by atoms with Crippen molar-refractivity contribution in [2.75, 3.05) is 32.4 Å². The van der Waals surface area contributed by atoms with Gasteiger partial charge in [0, 0.05) is 30.8 Å². The number of carbonyl (C=O) groups is 1. The maximum absolute atomic E-state index is 12.8.